The van der Waals surface area contributed by atoms with Crippen LogP contribution in [-0.4, -0.2) is 59.0 Å². The molecule has 0 bridgehead atoms. The molecule has 402 valence electrons. The highest BCUT2D eigenvalue weighted by Crippen LogP contribution is 2.37. The van der Waals surface area contributed by atoms with Gasteiger partial charge in [0, 0.05) is 79.3 Å². The lowest BCUT2D eigenvalue weighted by molar-refractivity contribution is 0.00578. The maximum absolute atomic E-state index is 13.9. The lowest BCUT2D eigenvalue weighted by Gasteiger charge is -2.32. The Hall–Kier alpha value is -8.27. The van der Waals surface area contributed by atoms with Crippen LogP contribution in [0.3, 0.4) is 0 Å². The molecule has 1 fully saturated rings. The van der Waals surface area contributed by atoms with Gasteiger partial charge in [-0.2, -0.15) is 0 Å². The molecular weight excluding hydrogens is 1040 g/mol. The Morgan fingerprint density at radius 3 is 1.37 bits per heavy atom. The number of hydrogen-bond acceptors (Lipinski definition) is 12. The predicted molar refractivity (Wildman–Crippen MR) is 285 cm³/mol. The highest BCUT2D eigenvalue weighted by molar-refractivity contribution is 6.62. The summed E-state index contributed by atoms with van der Waals surface area (Å²) < 4.78 is 96.4. The Bertz CT molecular complexity index is 3620. The smallest absolute Gasteiger partial charge is 0.399 e. The number of pyridine rings is 2. The van der Waals surface area contributed by atoms with Gasteiger partial charge in [-0.05, 0) is 125 Å². The van der Waals surface area contributed by atoms with E-state index in [4.69, 9.17) is 32.4 Å². The van der Waals surface area contributed by atoms with Crippen molar-refractivity contribution in [3.8, 4) is 33.8 Å². The Labute approximate surface area is 448 Å². The van der Waals surface area contributed by atoms with Gasteiger partial charge in [-0.3, -0.25) is 19.2 Å². The quantitative estimate of drug-likeness (QED) is 0.0668. The summed E-state index contributed by atoms with van der Waals surface area (Å²) in [5, 5.41) is -0.0868. The molecule has 1 saturated heterocycles. The molecule has 22 heteroatoms. The molecule has 5 heterocycles. The van der Waals surface area contributed by atoms with Crippen molar-refractivity contribution in [3.63, 3.8) is 0 Å². The van der Waals surface area contributed by atoms with Crippen LogP contribution in [0.2, 0.25) is 5.15 Å². The Morgan fingerprint density at radius 2 is 0.923 bits per heavy atom. The van der Waals surface area contributed by atoms with Gasteiger partial charge in [0.05, 0.1) is 22.6 Å². The first-order chi connectivity index (χ1) is 36.8. The summed E-state index contributed by atoms with van der Waals surface area (Å²) >= 11 is 6.09. The number of Topliss-reactive ketones (excluding diaryl/α,β-unsaturated/α-hetero) is 2. The van der Waals surface area contributed by atoms with Crippen LogP contribution >= 0.6 is 11.6 Å². The number of halogens is 7. The molecule has 0 aliphatic carbocycles. The van der Waals surface area contributed by atoms with E-state index >= 15 is 0 Å². The molecule has 78 heavy (non-hydrogen) atoms. The Kier molecular flexibility index (Phi) is 17.6. The average Bonchev–Trinajstić information content (AvgIpc) is 3.69. The van der Waals surface area contributed by atoms with Crippen molar-refractivity contribution in [3.05, 3.63) is 205 Å². The molecule has 0 radical (unpaired) electrons. The largest absolute Gasteiger partial charge is 0.496 e. The summed E-state index contributed by atoms with van der Waals surface area (Å²) in [6, 6.07) is 23.9. The van der Waals surface area contributed by atoms with E-state index in [1.54, 1.807) is 26.4 Å². The maximum Gasteiger partial charge on any atom is 0.496 e. The van der Waals surface area contributed by atoms with Crippen LogP contribution in [0.25, 0.3) is 33.8 Å². The van der Waals surface area contributed by atoms with Crippen LogP contribution < -0.4 is 28.0 Å². The van der Waals surface area contributed by atoms with Gasteiger partial charge in [-0.25, -0.2) is 46.3 Å². The molecule has 4 aromatic heterocycles. The molecule has 0 atom stereocenters. The monoisotopic (exact) mass is 1090 g/mol. The molecule has 4 aromatic carbocycles. The Balaban J connectivity index is 0.000000179. The van der Waals surface area contributed by atoms with Gasteiger partial charge in [0.1, 0.15) is 52.0 Å². The van der Waals surface area contributed by atoms with Crippen molar-refractivity contribution < 1.29 is 45.2 Å². The van der Waals surface area contributed by atoms with E-state index in [-0.39, 0.29) is 104 Å². The minimum absolute atomic E-state index is 0.0368. The second-order valence-electron chi connectivity index (χ2n) is 18.9. The number of aromatic nitrogens is 6. The zero-order valence-corrected chi connectivity index (χ0v) is 43.6. The molecule has 0 saturated carbocycles. The van der Waals surface area contributed by atoms with E-state index in [1.807, 2.05) is 27.7 Å². The average molecular weight is 1090 g/mol. The fourth-order valence-corrected chi connectivity index (χ4v) is 8.05. The number of anilines is 2. The van der Waals surface area contributed by atoms with Gasteiger partial charge in [-0.1, -0.05) is 29.8 Å². The lowest BCUT2D eigenvalue weighted by atomic mass is 9.80. The Morgan fingerprint density at radius 1 is 0.538 bits per heavy atom. The van der Waals surface area contributed by atoms with Crippen LogP contribution in [0, 0.1) is 34.9 Å². The predicted octanol–water partition coefficient (Wildman–Crippen LogP) is 9.62. The zero-order chi connectivity index (χ0) is 56.8. The maximum atomic E-state index is 13.9. The molecule has 0 spiro atoms. The van der Waals surface area contributed by atoms with Gasteiger partial charge in [0.15, 0.2) is 28.4 Å². The first kappa shape index (κ1) is 57.4. The fourth-order valence-electron chi connectivity index (χ4n) is 7.81. The minimum Gasteiger partial charge on any atom is -0.399 e. The number of aryl methyl sites for hydroxylation is 2. The number of carbonyl (C=O) groups excluding carboxylic acids is 2. The van der Waals surface area contributed by atoms with E-state index in [2.05, 4.69) is 19.9 Å². The van der Waals surface area contributed by atoms with Crippen LogP contribution in [0.15, 0.2) is 131 Å². The lowest BCUT2D eigenvalue weighted by Crippen LogP contribution is -2.41. The molecular formula is C56H50BClF6N8O6. The number of benzene rings is 4. The summed E-state index contributed by atoms with van der Waals surface area (Å²) in [6.07, 6.45) is 2.47. The van der Waals surface area contributed by atoms with E-state index in [9.17, 15) is 45.5 Å². The minimum atomic E-state index is -0.746. The van der Waals surface area contributed by atoms with E-state index < -0.39 is 53.6 Å². The zero-order valence-electron chi connectivity index (χ0n) is 42.9. The summed E-state index contributed by atoms with van der Waals surface area (Å²) in [5.41, 5.74) is 13.2. The number of nitrogen functional groups attached to an aromatic ring is 2. The first-order valence-electron chi connectivity index (χ1n) is 24.0. The number of rotatable bonds is 12. The van der Waals surface area contributed by atoms with E-state index in [1.165, 1.54) is 94.2 Å². The van der Waals surface area contributed by atoms with Crippen LogP contribution in [0.4, 0.5) is 38.0 Å². The number of hydrogen-bond donors (Lipinski definition) is 2. The van der Waals surface area contributed by atoms with Crippen molar-refractivity contribution >= 4 is 47.4 Å². The second kappa shape index (κ2) is 24.0. The van der Waals surface area contributed by atoms with Crippen molar-refractivity contribution in [2.75, 3.05) is 11.5 Å². The van der Waals surface area contributed by atoms with Gasteiger partial charge in [0.25, 0.3) is 0 Å². The number of nitrogens with two attached hydrogens (primary N) is 2. The van der Waals surface area contributed by atoms with Crippen LogP contribution in [0.1, 0.15) is 72.6 Å². The molecule has 0 amide bonds. The third kappa shape index (κ3) is 13.3. The van der Waals surface area contributed by atoms with Gasteiger partial charge < -0.3 is 29.9 Å². The topological polar surface area (TPSA) is 200 Å². The molecule has 1 aliphatic rings. The van der Waals surface area contributed by atoms with Gasteiger partial charge >= 0.3 is 7.12 Å². The van der Waals surface area contributed by atoms with Gasteiger partial charge in [0.2, 0.25) is 11.1 Å². The molecule has 8 aromatic rings. The molecule has 9 rings (SSSR count). The van der Waals surface area contributed by atoms with Crippen molar-refractivity contribution in [1.82, 2.24) is 29.1 Å². The van der Waals surface area contributed by atoms with E-state index in [0.717, 1.165) is 29.7 Å². The molecule has 0 unspecified atom stereocenters. The summed E-state index contributed by atoms with van der Waals surface area (Å²) in [4.78, 5) is 65.3. The van der Waals surface area contributed by atoms with Crippen molar-refractivity contribution in [2.24, 2.45) is 14.1 Å². The molecule has 14 nitrogen and oxygen atoms in total. The molecule has 4 N–H and O–H groups in total. The highest BCUT2D eigenvalue weighted by atomic mass is 35.5. The van der Waals surface area contributed by atoms with Crippen LogP contribution in [-0.2, 0) is 36.2 Å². The highest BCUT2D eigenvalue weighted by Gasteiger charge is 2.51. The number of carbonyl (C=O) groups is 2. The van der Waals surface area contributed by atoms with Crippen molar-refractivity contribution in [2.45, 2.75) is 64.6 Å². The normalized spacial score (nSPS) is 13.3. The van der Waals surface area contributed by atoms with Crippen molar-refractivity contribution in [1.29, 1.82) is 0 Å². The summed E-state index contributed by atoms with van der Waals surface area (Å²) in [6.45, 7) is 8.04. The third-order valence-electron chi connectivity index (χ3n) is 12.9. The summed E-state index contributed by atoms with van der Waals surface area (Å²) in [7, 11) is 2.87. The third-order valence-corrected chi connectivity index (χ3v) is 13.2. The number of ketones is 2. The van der Waals surface area contributed by atoms with Crippen LogP contribution in [0.5, 0.6) is 0 Å². The van der Waals surface area contributed by atoms with E-state index in [0.29, 0.717) is 16.7 Å². The van der Waals surface area contributed by atoms with Gasteiger partial charge in [-0.15, -0.1) is 0 Å². The fraction of sp³-hybridized carbons (Fsp3) is 0.214. The number of nitrogens with zero attached hydrogens (tertiary/aromatic N) is 6. The first-order valence-corrected chi connectivity index (χ1v) is 24.4. The SMILES string of the molecule is Cn1cc(-c2nc(C(=O)CCc3c(F)cccc3F)c(N)nc2-c2ccc(F)cc2)ccc1=O.Cn1cc(B2OC(C)(C)C(C)(C)O2)ccc1=O.Nc1nc(-c2ccc(F)cc2)c(Cl)nc1C(=O)CCc1c(F)cccc1F. The summed E-state index contributed by atoms with van der Waals surface area (Å²) in [5.74, 6) is -5.26. The second-order valence-corrected chi connectivity index (χ2v) is 19.2. The molecule has 1 aliphatic heterocycles. The standard InChI is InChI=1S/C25H19F3N4O2.C19H13ClF3N3O.C12H18BNO3/c1-32-13-15(7-12-21(32)34)23-22(14-5-8-16(26)9-6-14)31-25(29)24(30-23)20(33)11-10-17-18(27)3-2-4-19(17)28;20-18-16(10-4-6-11(21)7-5-10)26-19(24)17(25-18)15(27)9-8-12-13(22)2-1-3-14(12)23;1-11(2)12(3,4)17-13(16-11)9-6-7-10(15)14(5)8-9/h2-9,12-13H,10-11H2,1H3,(H2,29,31);1-7H,8-9H2,(H2,24,26);6-8H,1-5H3.